The first kappa shape index (κ1) is 16.1. The van der Waals surface area contributed by atoms with Crippen LogP contribution in [0.4, 0.5) is 0 Å². The highest BCUT2D eigenvalue weighted by molar-refractivity contribution is 14.1. The molecule has 7 heteroatoms. The zero-order valence-corrected chi connectivity index (χ0v) is 13.8. The summed E-state index contributed by atoms with van der Waals surface area (Å²) in [7, 11) is 0. The fraction of sp³-hybridized carbons (Fsp3) is 0.364. The summed E-state index contributed by atoms with van der Waals surface area (Å²) in [4.78, 5) is 1.63. The lowest BCUT2D eigenvalue weighted by Gasteiger charge is -2.12. The van der Waals surface area contributed by atoms with Crippen molar-refractivity contribution in [3.8, 4) is 0 Å². The maximum Gasteiger partial charge on any atom is 0.106 e. The molecule has 1 aromatic rings. The van der Waals surface area contributed by atoms with Gasteiger partial charge in [-0.2, -0.15) is 0 Å². The molecular formula is C11H14INO3S2. The van der Waals surface area contributed by atoms with E-state index >= 15 is 0 Å². The Kier molecular flexibility index (Phi) is 7.42. The lowest BCUT2D eigenvalue weighted by atomic mass is 10.1. The van der Waals surface area contributed by atoms with E-state index in [0.29, 0.717) is 0 Å². The normalized spacial score (nSPS) is 10.4. The number of thiocarbonyl (C=S) groups is 1. The van der Waals surface area contributed by atoms with E-state index in [-0.39, 0.29) is 0 Å². The average Bonchev–Trinajstić information content (AvgIpc) is 2.36. The third-order valence-electron chi connectivity index (χ3n) is 2.30. The first-order chi connectivity index (χ1) is 8.60. The van der Waals surface area contributed by atoms with E-state index < -0.39 is 0 Å². The largest absolute Gasteiger partial charge is 0.375 e. The highest BCUT2D eigenvalue weighted by atomic mass is 127. The molecule has 1 aromatic carbocycles. The number of alkyl halides is 1. The minimum absolute atomic E-state index is 0.753. The van der Waals surface area contributed by atoms with E-state index in [1.54, 1.807) is 0 Å². The molecule has 0 amide bonds. The second-order valence-electron chi connectivity index (χ2n) is 3.60. The molecule has 0 radical (unpaired) electrons. The first-order valence-electron chi connectivity index (χ1n) is 5.20. The van der Waals surface area contributed by atoms with Crippen LogP contribution in [0.2, 0.25) is 0 Å². The van der Waals surface area contributed by atoms with Gasteiger partial charge in [0.1, 0.15) is 4.99 Å². The molecule has 0 aliphatic heterocycles. The van der Waals surface area contributed by atoms with Crippen LogP contribution in [-0.4, -0.2) is 21.2 Å². The molecule has 0 spiro atoms. The maximum absolute atomic E-state index is 8.15. The zero-order chi connectivity index (χ0) is 13.5. The summed E-state index contributed by atoms with van der Waals surface area (Å²) in [6.07, 6.45) is 0. The zero-order valence-electron chi connectivity index (χ0n) is 10.0. The summed E-state index contributed by atoms with van der Waals surface area (Å²) in [6, 6.07) is 3.95. The van der Waals surface area contributed by atoms with Crippen molar-refractivity contribution in [2.24, 2.45) is 0 Å². The molecular weight excluding hydrogens is 385 g/mol. The number of benzene rings is 1. The van der Waals surface area contributed by atoms with Gasteiger partial charge in [-0.3, -0.25) is 0 Å². The molecule has 4 nitrogen and oxygen atoms in total. The molecule has 0 heterocycles. The standard InChI is InChI=1S/C11H14INO3S2/c1-7-6-10(18-16-15-14)8(2)5-9(7)11(17)13-4-3-12/h5-6,14H,3-4H2,1-2H3,(H,13,17). The van der Waals surface area contributed by atoms with Gasteiger partial charge in [-0.15, -0.1) is 4.33 Å². The number of aryl methyl sites for hydroxylation is 2. The topological polar surface area (TPSA) is 50.7 Å². The van der Waals surface area contributed by atoms with Crippen LogP contribution in [0.3, 0.4) is 0 Å². The van der Waals surface area contributed by atoms with Gasteiger partial charge in [0.25, 0.3) is 0 Å². The number of hydrogen-bond donors (Lipinski definition) is 2. The van der Waals surface area contributed by atoms with Crippen LogP contribution in [0.15, 0.2) is 17.0 Å². The van der Waals surface area contributed by atoms with Gasteiger partial charge in [-0.1, -0.05) is 39.8 Å². The van der Waals surface area contributed by atoms with Crippen molar-refractivity contribution in [2.75, 3.05) is 11.0 Å². The molecule has 0 unspecified atom stereocenters. The van der Waals surface area contributed by atoms with Crippen molar-refractivity contribution < 1.29 is 14.6 Å². The third kappa shape index (κ3) is 4.63. The number of halogens is 1. The maximum atomic E-state index is 8.15. The highest BCUT2D eigenvalue weighted by Gasteiger charge is 2.09. The van der Waals surface area contributed by atoms with Gasteiger partial charge in [0, 0.05) is 21.4 Å². The number of rotatable bonds is 6. The minimum atomic E-state index is 0.753. The third-order valence-corrected chi connectivity index (χ3v) is 3.95. The Bertz CT molecular complexity index is 429. The second-order valence-corrected chi connectivity index (χ2v) is 5.83. The Morgan fingerprint density at radius 2 is 2.17 bits per heavy atom. The Labute approximate surface area is 130 Å². The SMILES string of the molecule is Cc1cc(C(=S)NCCI)c(C)cc1SOOO. The van der Waals surface area contributed by atoms with Crippen molar-refractivity contribution in [1.29, 1.82) is 0 Å². The van der Waals surface area contributed by atoms with Crippen LogP contribution in [0.25, 0.3) is 0 Å². The van der Waals surface area contributed by atoms with E-state index in [1.807, 2.05) is 26.0 Å². The van der Waals surface area contributed by atoms with Gasteiger partial charge >= 0.3 is 0 Å². The number of hydrogen-bond acceptors (Lipinski definition) is 5. The minimum Gasteiger partial charge on any atom is -0.375 e. The molecule has 0 aliphatic carbocycles. The van der Waals surface area contributed by atoms with Crippen LogP contribution in [0.1, 0.15) is 16.7 Å². The van der Waals surface area contributed by atoms with Crippen molar-refractivity contribution in [1.82, 2.24) is 5.32 Å². The number of nitrogens with one attached hydrogen (secondary N) is 1. The van der Waals surface area contributed by atoms with Crippen molar-refractivity contribution >= 4 is 51.8 Å². The Morgan fingerprint density at radius 3 is 2.78 bits per heavy atom. The molecule has 100 valence electrons. The van der Waals surface area contributed by atoms with Crippen LogP contribution >= 0.6 is 46.9 Å². The molecule has 0 aliphatic rings. The van der Waals surface area contributed by atoms with Crippen molar-refractivity contribution in [2.45, 2.75) is 18.7 Å². The summed E-state index contributed by atoms with van der Waals surface area (Å²) < 4.78 is 5.45. The van der Waals surface area contributed by atoms with Gasteiger partial charge in [0.05, 0.1) is 12.0 Å². The molecule has 0 atom stereocenters. The summed E-state index contributed by atoms with van der Waals surface area (Å²) in [5.41, 5.74) is 3.08. The van der Waals surface area contributed by atoms with E-state index in [9.17, 15) is 0 Å². The lowest BCUT2D eigenvalue weighted by molar-refractivity contribution is -0.432. The lowest BCUT2D eigenvalue weighted by Crippen LogP contribution is -2.25. The van der Waals surface area contributed by atoms with E-state index in [2.05, 4.69) is 37.3 Å². The van der Waals surface area contributed by atoms with Crippen molar-refractivity contribution in [3.05, 3.63) is 28.8 Å². The molecule has 1 rings (SSSR count). The predicted octanol–water partition coefficient (Wildman–Crippen LogP) is 3.43. The highest BCUT2D eigenvalue weighted by Crippen LogP contribution is 2.26. The van der Waals surface area contributed by atoms with Gasteiger partial charge < -0.3 is 5.32 Å². The van der Waals surface area contributed by atoms with Crippen LogP contribution in [-0.2, 0) is 9.37 Å². The summed E-state index contributed by atoms with van der Waals surface area (Å²) in [5, 5.41) is 14.9. The quantitative estimate of drug-likeness (QED) is 0.191. The molecule has 0 aromatic heterocycles. The monoisotopic (exact) mass is 399 g/mol. The molecule has 18 heavy (non-hydrogen) atoms. The Morgan fingerprint density at radius 1 is 1.44 bits per heavy atom. The summed E-state index contributed by atoms with van der Waals surface area (Å²) >= 11 is 8.61. The van der Waals surface area contributed by atoms with E-state index in [1.165, 1.54) is 0 Å². The average molecular weight is 399 g/mol. The van der Waals surface area contributed by atoms with Gasteiger partial charge in [0.2, 0.25) is 0 Å². The second kappa shape index (κ2) is 8.28. The molecule has 0 saturated carbocycles. The molecule has 0 saturated heterocycles. The first-order valence-corrected chi connectivity index (χ1v) is 7.88. The molecule has 2 N–H and O–H groups in total. The fourth-order valence-electron chi connectivity index (χ4n) is 1.43. The van der Waals surface area contributed by atoms with Crippen LogP contribution in [0, 0.1) is 13.8 Å². The smallest absolute Gasteiger partial charge is 0.106 e. The van der Waals surface area contributed by atoms with Gasteiger partial charge in [-0.05, 0) is 37.1 Å². The van der Waals surface area contributed by atoms with Crippen molar-refractivity contribution in [3.63, 3.8) is 0 Å². The summed E-state index contributed by atoms with van der Waals surface area (Å²) in [6.45, 7) is 4.79. The van der Waals surface area contributed by atoms with E-state index in [4.69, 9.17) is 17.5 Å². The predicted molar refractivity (Wildman–Crippen MR) is 85.2 cm³/mol. The van der Waals surface area contributed by atoms with Crippen LogP contribution in [0.5, 0.6) is 0 Å². The Hall–Kier alpha value is 0.0700. The molecule has 0 bridgehead atoms. The fourth-order valence-corrected chi connectivity index (χ4v) is 2.54. The summed E-state index contributed by atoms with van der Waals surface area (Å²) in [5.74, 6) is 0. The van der Waals surface area contributed by atoms with Gasteiger partial charge in [-0.25, -0.2) is 5.26 Å². The van der Waals surface area contributed by atoms with Gasteiger partial charge in [0.15, 0.2) is 0 Å². The Balaban J connectivity index is 2.88. The molecule has 0 fully saturated rings. The van der Waals surface area contributed by atoms with E-state index in [0.717, 1.165) is 49.6 Å². The van der Waals surface area contributed by atoms with Crippen LogP contribution < -0.4 is 5.32 Å².